The Balaban J connectivity index is 1.61. The molecule has 2 atom stereocenters. The first kappa shape index (κ1) is 15.7. The third-order valence-electron chi connectivity index (χ3n) is 4.85. The van der Waals surface area contributed by atoms with Crippen LogP contribution in [-0.4, -0.2) is 46.1 Å². The lowest BCUT2D eigenvalue weighted by Crippen LogP contribution is -2.33. The highest BCUT2D eigenvalue weighted by atomic mass is 32.2. The predicted octanol–water partition coefficient (Wildman–Crippen LogP) is 3.01. The Morgan fingerprint density at radius 3 is 2.79 bits per heavy atom. The van der Waals surface area contributed by atoms with E-state index in [2.05, 4.69) is 43.8 Å². The van der Waals surface area contributed by atoms with Crippen molar-refractivity contribution < 1.29 is 0 Å². The highest BCUT2D eigenvalue weighted by Crippen LogP contribution is 2.38. The zero-order valence-electron chi connectivity index (χ0n) is 14.0. The van der Waals surface area contributed by atoms with Gasteiger partial charge in [-0.1, -0.05) is 13.0 Å². The van der Waals surface area contributed by atoms with Crippen molar-refractivity contribution in [2.24, 2.45) is 5.92 Å². The Morgan fingerprint density at radius 1 is 1.17 bits per heavy atom. The fraction of sp³-hybridized carbons (Fsp3) is 0.500. The van der Waals surface area contributed by atoms with Crippen LogP contribution in [0.15, 0.2) is 36.9 Å². The van der Waals surface area contributed by atoms with Crippen LogP contribution in [0.3, 0.4) is 0 Å². The van der Waals surface area contributed by atoms with Crippen LogP contribution >= 0.6 is 11.8 Å². The standard InChI is InChI=1S/C18H23N5S/c1-14-9-16(15-3-2-4-19-11-15)23(12-14)18-10-17(20-13-21-18)22-5-7-24-8-6-22/h2-4,10-11,13-14,16H,5-9,12H2,1H3/t14-,16-/m1/s1. The Hall–Kier alpha value is -1.82. The van der Waals surface area contributed by atoms with Crippen LogP contribution in [-0.2, 0) is 0 Å². The molecule has 2 aromatic heterocycles. The van der Waals surface area contributed by atoms with Gasteiger partial charge >= 0.3 is 0 Å². The molecule has 0 aromatic carbocycles. The van der Waals surface area contributed by atoms with E-state index >= 15 is 0 Å². The highest BCUT2D eigenvalue weighted by molar-refractivity contribution is 7.99. The van der Waals surface area contributed by atoms with Gasteiger partial charge in [-0.15, -0.1) is 0 Å². The van der Waals surface area contributed by atoms with E-state index in [0.717, 1.165) is 37.7 Å². The van der Waals surface area contributed by atoms with Gasteiger partial charge in [-0.25, -0.2) is 9.97 Å². The number of anilines is 2. The molecule has 5 nitrogen and oxygen atoms in total. The van der Waals surface area contributed by atoms with Gasteiger partial charge in [-0.3, -0.25) is 4.98 Å². The topological polar surface area (TPSA) is 45.2 Å². The Kier molecular flexibility index (Phi) is 4.56. The molecule has 4 heterocycles. The summed E-state index contributed by atoms with van der Waals surface area (Å²) in [4.78, 5) is 18.2. The normalized spacial score (nSPS) is 24.4. The van der Waals surface area contributed by atoms with E-state index in [1.54, 1.807) is 6.33 Å². The van der Waals surface area contributed by atoms with Gasteiger partial charge < -0.3 is 9.80 Å². The first-order valence-corrected chi connectivity index (χ1v) is 9.78. The van der Waals surface area contributed by atoms with Crippen LogP contribution in [0, 0.1) is 5.92 Å². The number of hydrogen-bond acceptors (Lipinski definition) is 6. The largest absolute Gasteiger partial charge is 0.355 e. The van der Waals surface area contributed by atoms with Crippen LogP contribution in [0.4, 0.5) is 11.6 Å². The number of rotatable bonds is 3. The van der Waals surface area contributed by atoms with Gasteiger partial charge in [0.05, 0.1) is 6.04 Å². The average Bonchev–Trinajstić information content (AvgIpc) is 3.05. The summed E-state index contributed by atoms with van der Waals surface area (Å²) in [6.45, 7) is 5.49. The van der Waals surface area contributed by atoms with Gasteiger partial charge in [0.25, 0.3) is 0 Å². The molecule has 0 N–H and O–H groups in total. The maximum atomic E-state index is 4.59. The van der Waals surface area contributed by atoms with Gasteiger partial charge in [-0.05, 0) is 24.0 Å². The summed E-state index contributed by atoms with van der Waals surface area (Å²) in [7, 11) is 0. The third kappa shape index (κ3) is 3.20. The van der Waals surface area contributed by atoms with Crippen LogP contribution in [0.1, 0.15) is 24.9 Å². The maximum Gasteiger partial charge on any atom is 0.134 e. The average molecular weight is 341 g/mol. The predicted molar refractivity (Wildman–Crippen MR) is 99.7 cm³/mol. The van der Waals surface area contributed by atoms with E-state index < -0.39 is 0 Å². The zero-order chi connectivity index (χ0) is 16.4. The quantitative estimate of drug-likeness (QED) is 0.855. The summed E-state index contributed by atoms with van der Waals surface area (Å²) in [6, 6.07) is 6.71. The Morgan fingerprint density at radius 2 is 2.00 bits per heavy atom. The van der Waals surface area contributed by atoms with E-state index in [-0.39, 0.29) is 0 Å². The molecule has 0 amide bonds. The molecule has 0 bridgehead atoms. The smallest absolute Gasteiger partial charge is 0.134 e. The summed E-state index contributed by atoms with van der Waals surface area (Å²) in [5.74, 6) is 5.11. The van der Waals surface area contributed by atoms with Crippen molar-refractivity contribution in [1.29, 1.82) is 0 Å². The molecule has 0 radical (unpaired) electrons. The minimum absolute atomic E-state index is 0.355. The number of hydrogen-bond donors (Lipinski definition) is 0. The second kappa shape index (κ2) is 6.97. The molecule has 0 unspecified atom stereocenters. The van der Waals surface area contributed by atoms with E-state index in [0.29, 0.717) is 12.0 Å². The summed E-state index contributed by atoms with van der Waals surface area (Å²) >= 11 is 2.02. The van der Waals surface area contributed by atoms with E-state index in [1.165, 1.54) is 17.1 Å². The fourth-order valence-electron chi connectivity index (χ4n) is 3.65. The molecule has 2 saturated heterocycles. The first-order valence-electron chi connectivity index (χ1n) is 8.62. The van der Waals surface area contributed by atoms with Gasteiger partial charge in [-0.2, -0.15) is 11.8 Å². The van der Waals surface area contributed by atoms with Gasteiger partial charge in [0.15, 0.2) is 0 Å². The molecule has 2 fully saturated rings. The number of aromatic nitrogens is 3. The number of thioether (sulfide) groups is 1. The zero-order valence-corrected chi connectivity index (χ0v) is 14.8. The van der Waals surface area contributed by atoms with Crippen molar-refractivity contribution in [3.05, 3.63) is 42.5 Å². The molecule has 2 aromatic rings. The summed E-state index contributed by atoms with van der Waals surface area (Å²) in [6.07, 6.45) is 6.68. The lowest BCUT2D eigenvalue weighted by Gasteiger charge is -2.30. The molecule has 0 spiro atoms. The van der Waals surface area contributed by atoms with Crippen LogP contribution in [0.2, 0.25) is 0 Å². The van der Waals surface area contributed by atoms with Crippen LogP contribution < -0.4 is 9.80 Å². The molecular weight excluding hydrogens is 318 g/mol. The van der Waals surface area contributed by atoms with Gasteiger partial charge in [0.1, 0.15) is 18.0 Å². The van der Waals surface area contributed by atoms with Gasteiger partial charge in [0, 0.05) is 49.6 Å². The summed E-state index contributed by atoms with van der Waals surface area (Å²) in [5, 5.41) is 0. The molecule has 2 aliphatic rings. The molecule has 126 valence electrons. The van der Waals surface area contributed by atoms with Gasteiger partial charge in [0.2, 0.25) is 0 Å². The van der Waals surface area contributed by atoms with Crippen molar-refractivity contribution in [1.82, 2.24) is 15.0 Å². The first-order chi connectivity index (χ1) is 11.8. The number of nitrogens with zero attached hydrogens (tertiary/aromatic N) is 5. The molecular formula is C18H23N5S. The van der Waals surface area contributed by atoms with E-state index in [1.807, 2.05) is 30.2 Å². The van der Waals surface area contributed by atoms with Crippen LogP contribution in [0.5, 0.6) is 0 Å². The molecule has 24 heavy (non-hydrogen) atoms. The summed E-state index contributed by atoms with van der Waals surface area (Å²) in [5.41, 5.74) is 1.27. The minimum atomic E-state index is 0.355. The molecule has 0 saturated carbocycles. The fourth-order valence-corrected chi connectivity index (χ4v) is 4.55. The Bertz CT molecular complexity index is 674. The second-order valence-corrected chi connectivity index (χ2v) is 7.85. The van der Waals surface area contributed by atoms with Crippen molar-refractivity contribution in [2.75, 3.05) is 40.9 Å². The van der Waals surface area contributed by atoms with Crippen molar-refractivity contribution >= 4 is 23.4 Å². The second-order valence-electron chi connectivity index (χ2n) is 6.63. The highest BCUT2D eigenvalue weighted by Gasteiger charge is 2.32. The van der Waals surface area contributed by atoms with Crippen molar-refractivity contribution in [2.45, 2.75) is 19.4 Å². The number of pyridine rings is 1. The van der Waals surface area contributed by atoms with Crippen molar-refractivity contribution in [3.63, 3.8) is 0 Å². The Labute approximate surface area is 147 Å². The lowest BCUT2D eigenvalue weighted by molar-refractivity contribution is 0.617. The van der Waals surface area contributed by atoms with E-state index in [4.69, 9.17) is 0 Å². The SMILES string of the molecule is C[C@@H]1C[C@H](c2cccnc2)N(c2cc(N3CCSCC3)ncn2)C1. The monoisotopic (exact) mass is 341 g/mol. The van der Waals surface area contributed by atoms with E-state index in [9.17, 15) is 0 Å². The third-order valence-corrected chi connectivity index (χ3v) is 5.79. The maximum absolute atomic E-state index is 4.59. The lowest BCUT2D eigenvalue weighted by atomic mass is 10.0. The van der Waals surface area contributed by atoms with Crippen LogP contribution in [0.25, 0.3) is 0 Å². The molecule has 2 aliphatic heterocycles. The van der Waals surface area contributed by atoms with Crippen molar-refractivity contribution in [3.8, 4) is 0 Å². The molecule has 4 rings (SSSR count). The summed E-state index contributed by atoms with van der Waals surface area (Å²) < 4.78 is 0. The molecule has 6 heteroatoms. The minimum Gasteiger partial charge on any atom is -0.355 e. The molecule has 0 aliphatic carbocycles.